The fraction of sp³-hybridized carbons (Fsp3) is 0.0476. The van der Waals surface area contributed by atoms with Gasteiger partial charge in [-0.3, -0.25) is 0 Å². The lowest BCUT2D eigenvalue weighted by Crippen LogP contribution is -2.11. The number of hydrogen-bond acceptors (Lipinski definition) is 1. The van der Waals surface area contributed by atoms with Crippen molar-refractivity contribution in [1.82, 2.24) is 0 Å². The number of anilines is 3. The van der Waals surface area contributed by atoms with Crippen LogP contribution in [0.1, 0.15) is 11.1 Å². The summed E-state index contributed by atoms with van der Waals surface area (Å²) >= 11 is 0. The van der Waals surface area contributed by atoms with Crippen molar-refractivity contribution in [2.24, 2.45) is 0 Å². The molecule has 0 aromatic heterocycles. The molecule has 1 heteroatoms. The zero-order chi connectivity index (χ0) is 28.9. The van der Waals surface area contributed by atoms with Gasteiger partial charge in [0.25, 0.3) is 0 Å². The molecule has 0 saturated carbocycles. The number of aryl methyl sites for hydroxylation is 2. The summed E-state index contributed by atoms with van der Waals surface area (Å²) in [5, 5.41) is 10.1. The maximum atomic E-state index is 2.42. The molecule has 204 valence electrons. The molecule has 8 aromatic rings. The van der Waals surface area contributed by atoms with Gasteiger partial charge in [0.2, 0.25) is 0 Å². The third-order valence-corrected chi connectivity index (χ3v) is 8.62. The molecular weight excluding hydrogens is 518 g/mol. The van der Waals surface area contributed by atoms with Crippen molar-refractivity contribution >= 4 is 60.2 Å². The van der Waals surface area contributed by atoms with Crippen LogP contribution in [-0.2, 0) is 0 Å². The molecule has 0 radical (unpaired) electrons. The fourth-order valence-corrected chi connectivity index (χ4v) is 6.83. The predicted octanol–water partition coefficient (Wildman–Crippen LogP) is 12.1. The van der Waals surface area contributed by atoms with E-state index in [2.05, 4.69) is 170 Å². The van der Waals surface area contributed by atoms with Gasteiger partial charge in [0.1, 0.15) is 0 Å². The first kappa shape index (κ1) is 25.3. The summed E-state index contributed by atoms with van der Waals surface area (Å²) in [7, 11) is 0. The SMILES string of the molecule is Cc1cc(C)cc(N(c2ccccc2)c2cc3cc(-c4ccc5ccccc5c4)c4ccccc4c3c3ccccc23)c1. The highest BCUT2D eigenvalue weighted by atomic mass is 15.1. The van der Waals surface area contributed by atoms with Gasteiger partial charge in [0.05, 0.1) is 5.69 Å². The maximum Gasteiger partial charge on any atom is 0.0546 e. The minimum atomic E-state index is 1.15. The second-order valence-electron chi connectivity index (χ2n) is 11.6. The molecule has 0 saturated heterocycles. The van der Waals surface area contributed by atoms with Crippen molar-refractivity contribution in [1.29, 1.82) is 0 Å². The Labute approximate surface area is 252 Å². The topological polar surface area (TPSA) is 3.24 Å². The van der Waals surface area contributed by atoms with Crippen molar-refractivity contribution in [3.63, 3.8) is 0 Å². The van der Waals surface area contributed by atoms with E-state index in [4.69, 9.17) is 0 Å². The molecule has 1 nitrogen and oxygen atoms in total. The van der Waals surface area contributed by atoms with Crippen LogP contribution in [0.3, 0.4) is 0 Å². The van der Waals surface area contributed by atoms with E-state index in [1.54, 1.807) is 0 Å². The smallest absolute Gasteiger partial charge is 0.0546 e. The number of nitrogens with zero attached hydrogens (tertiary/aromatic N) is 1. The number of benzene rings is 8. The van der Waals surface area contributed by atoms with E-state index < -0.39 is 0 Å². The first-order valence-electron chi connectivity index (χ1n) is 14.9. The summed E-state index contributed by atoms with van der Waals surface area (Å²) in [6, 6.07) is 55.6. The van der Waals surface area contributed by atoms with Crippen LogP contribution in [0.5, 0.6) is 0 Å². The molecule has 0 bridgehead atoms. The lowest BCUT2D eigenvalue weighted by Gasteiger charge is -2.28. The van der Waals surface area contributed by atoms with Crippen molar-refractivity contribution in [2.75, 3.05) is 4.90 Å². The Morgan fingerprint density at radius 3 is 1.74 bits per heavy atom. The van der Waals surface area contributed by atoms with Gasteiger partial charge >= 0.3 is 0 Å². The lowest BCUT2D eigenvalue weighted by molar-refractivity contribution is 1.27. The molecule has 0 fully saturated rings. The van der Waals surface area contributed by atoms with Crippen LogP contribution in [0.4, 0.5) is 17.1 Å². The molecule has 0 atom stereocenters. The van der Waals surface area contributed by atoms with E-state index in [1.165, 1.54) is 76.7 Å². The average Bonchev–Trinajstić information content (AvgIpc) is 3.04. The normalized spacial score (nSPS) is 11.5. The predicted molar refractivity (Wildman–Crippen MR) is 186 cm³/mol. The van der Waals surface area contributed by atoms with E-state index in [1.807, 2.05) is 0 Å². The molecule has 8 rings (SSSR count). The number of hydrogen-bond donors (Lipinski definition) is 0. The van der Waals surface area contributed by atoms with Gasteiger partial charge in [-0.05, 0) is 116 Å². The Bertz CT molecular complexity index is 2290. The summed E-state index contributed by atoms with van der Waals surface area (Å²) < 4.78 is 0. The lowest BCUT2D eigenvalue weighted by atomic mass is 9.89. The van der Waals surface area contributed by atoms with Crippen LogP contribution in [0.2, 0.25) is 0 Å². The minimum absolute atomic E-state index is 1.15. The third-order valence-electron chi connectivity index (χ3n) is 8.62. The molecule has 0 unspecified atom stereocenters. The highest BCUT2D eigenvalue weighted by Gasteiger charge is 2.19. The Morgan fingerprint density at radius 2 is 1.00 bits per heavy atom. The molecule has 8 aromatic carbocycles. The Kier molecular flexibility index (Phi) is 5.98. The van der Waals surface area contributed by atoms with Crippen molar-refractivity contribution in [3.05, 3.63) is 163 Å². The third kappa shape index (κ3) is 4.33. The van der Waals surface area contributed by atoms with Crippen LogP contribution < -0.4 is 4.90 Å². The molecule has 0 aliphatic carbocycles. The molecule has 0 aliphatic heterocycles. The Morgan fingerprint density at radius 1 is 0.395 bits per heavy atom. The van der Waals surface area contributed by atoms with Gasteiger partial charge in [-0.1, -0.05) is 109 Å². The van der Waals surface area contributed by atoms with E-state index in [0.717, 1.165) is 5.69 Å². The van der Waals surface area contributed by atoms with E-state index in [9.17, 15) is 0 Å². The summed E-state index contributed by atoms with van der Waals surface area (Å²) in [5.74, 6) is 0. The number of para-hydroxylation sites is 1. The van der Waals surface area contributed by atoms with Crippen LogP contribution in [0.15, 0.2) is 152 Å². The number of fused-ring (bicyclic) bond motifs is 6. The molecule has 0 aliphatic rings. The summed E-state index contributed by atoms with van der Waals surface area (Å²) in [6.07, 6.45) is 0. The molecule has 0 heterocycles. The summed E-state index contributed by atoms with van der Waals surface area (Å²) in [6.45, 7) is 4.36. The highest BCUT2D eigenvalue weighted by Crippen LogP contribution is 2.45. The molecule has 0 amide bonds. The van der Waals surface area contributed by atoms with Crippen LogP contribution in [0.25, 0.3) is 54.2 Å². The van der Waals surface area contributed by atoms with Crippen LogP contribution in [0, 0.1) is 13.8 Å². The van der Waals surface area contributed by atoms with E-state index in [-0.39, 0.29) is 0 Å². The standard InChI is InChI=1S/C42H31N/c1-28-22-29(2)24-35(23-28)43(34-14-4-3-5-15-34)41-27-33-26-40(32-21-20-30-12-6-7-13-31(30)25-32)36-16-8-10-18-38(36)42(33)39-19-11-9-17-37(39)41/h3-27H,1-2H3. The van der Waals surface area contributed by atoms with Crippen molar-refractivity contribution in [3.8, 4) is 11.1 Å². The van der Waals surface area contributed by atoms with Crippen LogP contribution in [-0.4, -0.2) is 0 Å². The maximum absolute atomic E-state index is 2.42. The highest BCUT2D eigenvalue weighted by molar-refractivity contribution is 6.26. The van der Waals surface area contributed by atoms with Gasteiger partial charge in [0, 0.05) is 16.8 Å². The Hall–Kier alpha value is -5.40. The zero-order valence-corrected chi connectivity index (χ0v) is 24.4. The van der Waals surface area contributed by atoms with E-state index in [0.29, 0.717) is 0 Å². The average molecular weight is 550 g/mol. The van der Waals surface area contributed by atoms with E-state index >= 15 is 0 Å². The van der Waals surface area contributed by atoms with Gasteiger partial charge < -0.3 is 4.90 Å². The molecule has 0 N–H and O–H groups in total. The first-order chi connectivity index (χ1) is 21.1. The molecule has 0 spiro atoms. The van der Waals surface area contributed by atoms with Gasteiger partial charge in [-0.25, -0.2) is 0 Å². The largest absolute Gasteiger partial charge is 0.310 e. The van der Waals surface area contributed by atoms with Crippen LogP contribution >= 0.6 is 0 Å². The van der Waals surface area contributed by atoms with Gasteiger partial charge in [0.15, 0.2) is 0 Å². The van der Waals surface area contributed by atoms with Crippen molar-refractivity contribution in [2.45, 2.75) is 13.8 Å². The quantitative estimate of drug-likeness (QED) is 0.197. The van der Waals surface area contributed by atoms with Crippen molar-refractivity contribution < 1.29 is 0 Å². The number of rotatable bonds is 4. The Balaban J connectivity index is 1.48. The van der Waals surface area contributed by atoms with Gasteiger partial charge in [-0.2, -0.15) is 0 Å². The minimum Gasteiger partial charge on any atom is -0.310 e. The molecular formula is C42H31N. The second-order valence-corrected chi connectivity index (χ2v) is 11.6. The summed E-state index contributed by atoms with van der Waals surface area (Å²) in [4.78, 5) is 2.42. The second kappa shape index (κ2) is 10.2. The van der Waals surface area contributed by atoms with Gasteiger partial charge in [-0.15, -0.1) is 0 Å². The monoisotopic (exact) mass is 549 g/mol. The zero-order valence-electron chi connectivity index (χ0n) is 24.4. The first-order valence-corrected chi connectivity index (χ1v) is 14.9. The summed E-state index contributed by atoms with van der Waals surface area (Å²) in [5.41, 5.74) is 8.50. The fourth-order valence-electron chi connectivity index (χ4n) is 6.83. The molecule has 43 heavy (non-hydrogen) atoms.